The molecule has 1 fully saturated rings. The van der Waals surface area contributed by atoms with Crippen molar-refractivity contribution >= 4 is 33.4 Å². The van der Waals surface area contributed by atoms with Gasteiger partial charge in [-0.05, 0) is 31.0 Å². The molecule has 7 nitrogen and oxygen atoms in total. The molecule has 0 unspecified atom stereocenters. The maximum Gasteiger partial charge on any atom is 0.330 e. The highest BCUT2D eigenvalue weighted by molar-refractivity contribution is 7.16. The minimum atomic E-state index is -1.04. The Labute approximate surface area is 147 Å². The zero-order chi connectivity index (χ0) is 17.4. The molecule has 0 aliphatic carbocycles. The van der Waals surface area contributed by atoms with Crippen LogP contribution in [0.25, 0.3) is 10.2 Å². The molecule has 1 N–H and O–H groups in total. The van der Waals surface area contributed by atoms with Crippen molar-refractivity contribution in [3.05, 3.63) is 48.0 Å². The fourth-order valence-electron chi connectivity index (χ4n) is 3.35. The van der Waals surface area contributed by atoms with Gasteiger partial charge < -0.3 is 14.6 Å². The number of hydrogen-bond acceptors (Lipinski definition) is 5. The third-order valence-corrected chi connectivity index (χ3v) is 5.66. The Hall–Kier alpha value is -2.74. The summed E-state index contributed by atoms with van der Waals surface area (Å²) in [4.78, 5) is 34.6. The Kier molecular flexibility index (Phi) is 3.76. The number of aliphatic carboxylic acids is 1. The summed E-state index contributed by atoms with van der Waals surface area (Å²) < 4.78 is 2.68. The van der Waals surface area contributed by atoms with Gasteiger partial charge in [0, 0.05) is 31.0 Å². The molecular weight excluding hydrogens is 340 g/mol. The molecule has 1 saturated heterocycles. The van der Waals surface area contributed by atoms with Crippen LogP contribution in [0.15, 0.2) is 42.4 Å². The monoisotopic (exact) mass is 356 g/mol. The Morgan fingerprint density at radius 2 is 2.04 bits per heavy atom. The molecule has 128 valence electrons. The molecule has 3 aromatic rings. The van der Waals surface area contributed by atoms with Crippen LogP contribution in [0.3, 0.4) is 0 Å². The van der Waals surface area contributed by atoms with Gasteiger partial charge in [-0.25, -0.2) is 14.8 Å². The van der Waals surface area contributed by atoms with E-state index in [1.54, 1.807) is 39.5 Å². The summed E-state index contributed by atoms with van der Waals surface area (Å²) in [6.07, 6.45) is 5.47. The van der Waals surface area contributed by atoms with Gasteiger partial charge in [0.25, 0.3) is 5.91 Å². The van der Waals surface area contributed by atoms with Gasteiger partial charge in [-0.15, -0.1) is 11.3 Å². The van der Waals surface area contributed by atoms with Gasteiger partial charge in [0.05, 0.1) is 22.1 Å². The van der Waals surface area contributed by atoms with Crippen molar-refractivity contribution in [2.24, 2.45) is 0 Å². The first-order valence-electron chi connectivity index (χ1n) is 7.94. The first-order chi connectivity index (χ1) is 12.1. The van der Waals surface area contributed by atoms with E-state index in [9.17, 15) is 14.7 Å². The Morgan fingerprint density at radius 3 is 2.72 bits per heavy atom. The first kappa shape index (κ1) is 15.8. The van der Waals surface area contributed by atoms with Crippen LogP contribution in [-0.4, -0.2) is 49.5 Å². The number of carbonyl (C=O) groups is 2. The van der Waals surface area contributed by atoms with E-state index in [4.69, 9.17) is 0 Å². The molecule has 8 heteroatoms. The summed E-state index contributed by atoms with van der Waals surface area (Å²) >= 11 is 1.53. The molecule has 1 aliphatic rings. The number of amides is 1. The predicted octanol–water partition coefficient (Wildman–Crippen LogP) is 2.21. The summed E-state index contributed by atoms with van der Waals surface area (Å²) in [7, 11) is 0. The molecule has 1 amide bonds. The molecule has 0 spiro atoms. The van der Waals surface area contributed by atoms with Crippen LogP contribution < -0.4 is 0 Å². The standard InChI is InChI=1S/C17H16N4O3S/c22-15(12-1-2-14-13(9-12)19-11-25-14)20-6-3-17(4-7-20,16(23)24)21-8-5-18-10-21/h1-2,5,8-11H,3-4,6-7H2,(H,23,24). The number of likely N-dealkylation sites (tertiary alicyclic amines) is 1. The number of carboxylic acids is 1. The van der Waals surface area contributed by atoms with E-state index in [-0.39, 0.29) is 5.91 Å². The van der Waals surface area contributed by atoms with E-state index in [0.29, 0.717) is 31.5 Å². The summed E-state index contributed by atoms with van der Waals surface area (Å²) in [5.74, 6) is -0.971. The number of aromatic nitrogens is 3. The summed E-state index contributed by atoms with van der Waals surface area (Å²) in [5.41, 5.74) is 2.12. The molecule has 0 atom stereocenters. The average molecular weight is 356 g/mol. The second-order valence-electron chi connectivity index (χ2n) is 6.13. The fraction of sp³-hybridized carbons (Fsp3) is 0.294. The van der Waals surface area contributed by atoms with E-state index >= 15 is 0 Å². The molecule has 0 radical (unpaired) electrons. The largest absolute Gasteiger partial charge is 0.479 e. The van der Waals surface area contributed by atoms with Crippen LogP contribution in [0.4, 0.5) is 0 Å². The fourth-order valence-corrected chi connectivity index (χ4v) is 4.01. The maximum atomic E-state index is 12.8. The van der Waals surface area contributed by atoms with Crippen LogP contribution in [0.5, 0.6) is 0 Å². The number of benzene rings is 1. The molecule has 25 heavy (non-hydrogen) atoms. The van der Waals surface area contributed by atoms with Crippen LogP contribution in [-0.2, 0) is 10.3 Å². The van der Waals surface area contributed by atoms with Crippen molar-refractivity contribution in [1.82, 2.24) is 19.4 Å². The second-order valence-corrected chi connectivity index (χ2v) is 7.02. The number of imidazole rings is 1. The lowest BCUT2D eigenvalue weighted by Crippen LogP contribution is -2.52. The highest BCUT2D eigenvalue weighted by Gasteiger charge is 2.44. The minimum Gasteiger partial charge on any atom is -0.479 e. The van der Waals surface area contributed by atoms with Crippen molar-refractivity contribution in [1.29, 1.82) is 0 Å². The van der Waals surface area contributed by atoms with E-state index in [1.165, 1.54) is 17.7 Å². The first-order valence-corrected chi connectivity index (χ1v) is 8.82. The van der Waals surface area contributed by atoms with Crippen molar-refractivity contribution in [3.63, 3.8) is 0 Å². The lowest BCUT2D eigenvalue weighted by atomic mass is 9.87. The van der Waals surface area contributed by atoms with Gasteiger partial charge in [0.15, 0.2) is 0 Å². The molecule has 0 bridgehead atoms. The van der Waals surface area contributed by atoms with Crippen LogP contribution >= 0.6 is 11.3 Å². The van der Waals surface area contributed by atoms with Crippen LogP contribution in [0.1, 0.15) is 23.2 Å². The van der Waals surface area contributed by atoms with Gasteiger partial charge in [-0.3, -0.25) is 4.79 Å². The third kappa shape index (κ3) is 2.58. The third-order valence-electron chi connectivity index (χ3n) is 4.85. The predicted molar refractivity (Wildman–Crippen MR) is 92.6 cm³/mol. The lowest BCUT2D eigenvalue weighted by molar-refractivity contribution is -0.150. The van der Waals surface area contributed by atoms with Crippen LogP contribution in [0.2, 0.25) is 0 Å². The number of rotatable bonds is 3. The lowest BCUT2D eigenvalue weighted by Gasteiger charge is -2.39. The summed E-state index contributed by atoms with van der Waals surface area (Å²) in [6, 6.07) is 5.50. The number of thiazole rings is 1. The van der Waals surface area contributed by atoms with Crippen LogP contribution in [0, 0.1) is 0 Å². The minimum absolute atomic E-state index is 0.0838. The number of fused-ring (bicyclic) bond motifs is 1. The molecule has 3 heterocycles. The smallest absolute Gasteiger partial charge is 0.330 e. The van der Waals surface area contributed by atoms with E-state index < -0.39 is 11.5 Å². The number of hydrogen-bond donors (Lipinski definition) is 1. The highest BCUT2D eigenvalue weighted by Crippen LogP contribution is 2.31. The van der Waals surface area contributed by atoms with E-state index in [2.05, 4.69) is 9.97 Å². The van der Waals surface area contributed by atoms with Gasteiger partial charge in [0.1, 0.15) is 5.54 Å². The summed E-state index contributed by atoms with van der Waals surface area (Å²) in [5, 5.41) is 9.74. The highest BCUT2D eigenvalue weighted by atomic mass is 32.1. The Bertz CT molecular complexity index is 926. The second kappa shape index (κ2) is 5.96. The van der Waals surface area contributed by atoms with Crippen molar-refractivity contribution in [2.45, 2.75) is 18.4 Å². The SMILES string of the molecule is O=C(c1ccc2scnc2c1)N1CCC(C(=O)O)(n2ccnc2)CC1. The normalized spacial score (nSPS) is 16.9. The van der Waals surface area contributed by atoms with Gasteiger partial charge >= 0.3 is 5.97 Å². The average Bonchev–Trinajstić information content (AvgIpc) is 3.32. The van der Waals surface area contributed by atoms with Gasteiger partial charge in [-0.1, -0.05) is 0 Å². The topological polar surface area (TPSA) is 88.3 Å². The van der Waals surface area contributed by atoms with Gasteiger partial charge in [0.2, 0.25) is 0 Å². The molecule has 2 aromatic heterocycles. The quantitative estimate of drug-likeness (QED) is 0.777. The van der Waals surface area contributed by atoms with E-state index in [1.807, 2.05) is 6.07 Å². The Balaban J connectivity index is 1.54. The summed E-state index contributed by atoms with van der Waals surface area (Å²) in [6.45, 7) is 0.775. The van der Waals surface area contributed by atoms with Crippen molar-refractivity contribution in [2.75, 3.05) is 13.1 Å². The van der Waals surface area contributed by atoms with E-state index in [0.717, 1.165) is 10.2 Å². The van der Waals surface area contributed by atoms with Crippen molar-refractivity contribution in [3.8, 4) is 0 Å². The Morgan fingerprint density at radius 1 is 1.24 bits per heavy atom. The number of carbonyl (C=O) groups excluding carboxylic acids is 1. The molecule has 1 aliphatic heterocycles. The molecule has 4 rings (SSSR count). The molecular formula is C17H16N4O3S. The van der Waals surface area contributed by atoms with Crippen molar-refractivity contribution < 1.29 is 14.7 Å². The number of piperidine rings is 1. The van der Waals surface area contributed by atoms with Gasteiger partial charge in [-0.2, -0.15) is 0 Å². The molecule has 0 saturated carbocycles. The number of carboxylic acid groups (broad SMARTS) is 1. The number of nitrogens with zero attached hydrogens (tertiary/aromatic N) is 4. The molecule has 1 aromatic carbocycles. The zero-order valence-corrected chi connectivity index (χ0v) is 14.1. The zero-order valence-electron chi connectivity index (χ0n) is 13.3. The maximum absolute atomic E-state index is 12.8.